The summed E-state index contributed by atoms with van der Waals surface area (Å²) < 4.78 is 5.11. The monoisotopic (exact) mass is 1400 g/mol. The molecule has 0 unspecified atom stereocenters. The average molecular weight is 1400 g/mol. The summed E-state index contributed by atoms with van der Waals surface area (Å²) in [5.74, 6) is 0. The van der Waals surface area contributed by atoms with Gasteiger partial charge < -0.3 is 18.9 Å². The number of aromatic nitrogens is 2. The third kappa shape index (κ3) is 9.91. The summed E-state index contributed by atoms with van der Waals surface area (Å²) in [6, 6.07) is 126. The minimum Gasteiger partial charge on any atom is -0.310 e. The molecule has 4 heterocycles. The van der Waals surface area contributed by atoms with Gasteiger partial charge in [-0.3, -0.25) is 0 Å². The second kappa shape index (κ2) is 23.9. The molecule has 19 aromatic rings. The van der Waals surface area contributed by atoms with Crippen molar-refractivity contribution in [3.8, 4) is 67.0 Å². The molecule has 2 aromatic heterocycles. The molecule has 0 radical (unpaired) electrons. The molecule has 520 valence electrons. The van der Waals surface area contributed by atoms with Crippen LogP contribution in [0.1, 0.15) is 79.0 Å². The van der Waals surface area contributed by atoms with E-state index in [0.29, 0.717) is 0 Å². The van der Waals surface area contributed by atoms with Gasteiger partial charge in [-0.2, -0.15) is 0 Å². The van der Waals surface area contributed by atoms with Crippen molar-refractivity contribution >= 4 is 133 Å². The normalized spacial score (nSPS) is 13.1. The van der Waals surface area contributed by atoms with Gasteiger partial charge in [-0.05, 0) is 206 Å². The van der Waals surface area contributed by atoms with Crippen molar-refractivity contribution in [1.29, 1.82) is 0 Å². The van der Waals surface area contributed by atoms with E-state index in [9.17, 15) is 0 Å². The molecule has 0 saturated heterocycles. The molecule has 0 bridgehead atoms. The topological polar surface area (TPSA) is 16.3 Å². The Kier molecular flexibility index (Phi) is 14.2. The van der Waals surface area contributed by atoms with Crippen molar-refractivity contribution in [3.05, 3.63) is 344 Å². The first kappa shape index (κ1) is 64.7. The van der Waals surface area contributed by atoms with E-state index in [1.165, 1.54) is 131 Å². The van der Waals surface area contributed by atoms with Crippen LogP contribution in [0.4, 0.5) is 34.1 Å². The highest BCUT2D eigenvalue weighted by Crippen LogP contribution is 2.57. The fourth-order valence-corrected chi connectivity index (χ4v) is 18.7. The molecule has 21 rings (SSSR count). The standard InChI is InChI=1S/C104H81BN4/c1-102(2,3)72-56-81(65-31-16-11-17-32-65)100(82(57-72)66-33-18-12-19-34-66)108-92-63-76(107-89-53-47-68-37-27-43-79-80-44-28-38-69-48-54-90(107)98(96(69)80)97(89)95(68)79)50-52-86(92)105-85-51-49-75(106-87-45-24-22-41-77(87)78-42-23-25-46-88(78)106)62-91(85)109(94-61-74(104(7,8)9)60-93(108)99(94)105)101-83(67-35-20-13-21-36-67)58-73(103(4,5)6)59-84(101)71-40-26-39-70(55-71)64-29-14-10-15-30-64/h10-63H,1-9H3. The second-order valence-electron chi connectivity index (χ2n) is 33.6. The number of hydrogen-bond donors (Lipinski definition) is 0. The van der Waals surface area contributed by atoms with E-state index in [2.05, 4.69) is 409 Å². The van der Waals surface area contributed by atoms with E-state index in [0.717, 1.165) is 78.9 Å². The number of hydrogen-bond acceptors (Lipinski definition) is 2. The van der Waals surface area contributed by atoms with Crippen LogP contribution in [0.3, 0.4) is 0 Å². The van der Waals surface area contributed by atoms with Gasteiger partial charge in [0.25, 0.3) is 6.71 Å². The van der Waals surface area contributed by atoms with Gasteiger partial charge in [0.05, 0.1) is 33.4 Å². The Morgan fingerprint density at radius 3 is 1.02 bits per heavy atom. The third-order valence-electron chi connectivity index (χ3n) is 24.0. The van der Waals surface area contributed by atoms with Gasteiger partial charge in [0.2, 0.25) is 0 Å². The first-order valence-corrected chi connectivity index (χ1v) is 38.7. The summed E-state index contributed by atoms with van der Waals surface area (Å²) in [5, 5.41) is 12.9. The number of rotatable bonds is 9. The number of fused-ring (bicyclic) bond motifs is 8. The minimum absolute atomic E-state index is 0.205. The van der Waals surface area contributed by atoms with Crippen molar-refractivity contribution in [2.24, 2.45) is 0 Å². The molecule has 17 aromatic carbocycles. The van der Waals surface area contributed by atoms with Gasteiger partial charge >= 0.3 is 0 Å². The number of nitrogens with zero attached hydrogens (tertiary/aromatic N) is 4. The molecule has 5 heteroatoms. The Morgan fingerprint density at radius 1 is 0.239 bits per heavy atom. The predicted molar refractivity (Wildman–Crippen MR) is 467 cm³/mol. The van der Waals surface area contributed by atoms with Gasteiger partial charge in [-0.25, -0.2) is 0 Å². The predicted octanol–water partition coefficient (Wildman–Crippen LogP) is 26.5. The summed E-state index contributed by atoms with van der Waals surface area (Å²) in [7, 11) is 0. The molecule has 0 amide bonds. The maximum atomic E-state index is 2.76. The van der Waals surface area contributed by atoms with E-state index in [1.807, 2.05) is 0 Å². The molecular formula is C104H81BN4. The van der Waals surface area contributed by atoms with Crippen LogP contribution in [0.2, 0.25) is 0 Å². The minimum atomic E-state index is -0.351. The van der Waals surface area contributed by atoms with Crippen LogP contribution in [-0.4, -0.2) is 15.8 Å². The van der Waals surface area contributed by atoms with Gasteiger partial charge in [-0.15, -0.1) is 0 Å². The Labute approximate surface area is 637 Å². The molecule has 109 heavy (non-hydrogen) atoms. The maximum absolute atomic E-state index is 2.76. The fraction of sp³-hybridized carbons (Fsp3) is 0.115. The van der Waals surface area contributed by atoms with Gasteiger partial charge in [0.15, 0.2) is 0 Å². The molecular weight excluding hydrogens is 1320 g/mol. The summed E-state index contributed by atoms with van der Waals surface area (Å²) >= 11 is 0. The summed E-state index contributed by atoms with van der Waals surface area (Å²) in [5.41, 5.74) is 32.1. The Hall–Kier alpha value is -12.7. The molecule has 0 aliphatic carbocycles. The highest BCUT2D eigenvalue weighted by atomic mass is 15.2. The number of para-hydroxylation sites is 2. The lowest BCUT2D eigenvalue weighted by Gasteiger charge is -2.47. The van der Waals surface area contributed by atoms with Crippen molar-refractivity contribution in [2.45, 2.75) is 78.6 Å². The molecule has 0 fully saturated rings. The zero-order valence-electron chi connectivity index (χ0n) is 63.0. The van der Waals surface area contributed by atoms with E-state index >= 15 is 0 Å². The molecule has 2 aliphatic heterocycles. The van der Waals surface area contributed by atoms with Crippen LogP contribution in [0, 0.1) is 0 Å². The molecule has 0 spiro atoms. The molecule has 4 nitrogen and oxygen atoms in total. The number of anilines is 6. The first-order chi connectivity index (χ1) is 53.0. The lowest BCUT2D eigenvalue weighted by atomic mass is 9.33. The average Bonchev–Trinajstić information content (AvgIpc) is 1.36. The second-order valence-corrected chi connectivity index (χ2v) is 33.6. The Morgan fingerprint density at radius 2 is 0.587 bits per heavy atom. The summed E-state index contributed by atoms with van der Waals surface area (Å²) in [6.07, 6.45) is 0. The van der Waals surface area contributed by atoms with Crippen molar-refractivity contribution in [1.82, 2.24) is 9.13 Å². The zero-order valence-corrected chi connectivity index (χ0v) is 63.0. The molecule has 0 atom stereocenters. The quantitative estimate of drug-likeness (QED) is 0.0813. The molecule has 0 N–H and O–H groups in total. The summed E-state index contributed by atoms with van der Waals surface area (Å²) in [4.78, 5) is 5.51. The van der Waals surface area contributed by atoms with Crippen LogP contribution in [0.5, 0.6) is 0 Å². The van der Waals surface area contributed by atoms with E-state index in [4.69, 9.17) is 0 Å². The third-order valence-corrected chi connectivity index (χ3v) is 24.0. The van der Waals surface area contributed by atoms with Crippen LogP contribution in [0.15, 0.2) is 328 Å². The maximum Gasteiger partial charge on any atom is 0.252 e. The van der Waals surface area contributed by atoms with Crippen LogP contribution < -0.4 is 26.2 Å². The smallest absolute Gasteiger partial charge is 0.252 e. The van der Waals surface area contributed by atoms with Gasteiger partial charge in [0, 0.05) is 77.9 Å². The Bertz CT molecular complexity index is 6680. The highest BCUT2D eigenvalue weighted by molar-refractivity contribution is 7.00. The van der Waals surface area contributed by atoms with Gasteiger partial charge in [-0.1, -0.05) is 299 Å². The SMILES string of the molecule is CC(C)(C)c1cc(-c2ccccc2)c(N2c3cc(-n4c5ccccc5c5ccccc54)ccc3B3c4ccc(-n5c6ccc7cccc8c9cccc%10ccc5c(c%109)c6c78)cc4N(c4c(-c5ccccc5)cc(C(C)(C)C)cc4-c4ccccc4)c4cc(C(C)(C)C)cc2c43)c(-c2cccc(-c3ccccc3)c2)c1. The molecule has 0 saturated carbocycles. The largest absolute Gasteiger partial charge is 0.310 e. The lowest BCUT2D eigenvalue weighted by Crippen LogP contribution is -2.61. The van der Waals surface area contributed by atoms with Gasteiger partial charge in [0.1, 0.15) is 0 Å². The van der Waals surface area contributed by atoms with Crippen molar-refractivity contribution in [3.63, 3.8) is 0 Å². The van der Waals surface area contributed by atoms with E-state index < -0.39 is 0 Å². The Balaban J connectivity index is 0.945. The molecule has 2 aliphatic rings. The first-order valence-electron chi connectivity index (χ1n) is 38.7. The lowest BCUT2D eigenvalue weighted by molar-refractivity contribution is 0.590. The van der Waals surface area contributed by atoms with E-state index in [1.54, 1.807) is 0 Å². The van der Waals surface area contributed by atoms with Crippen molar-refractivity contribution in [2.75, 3.05) is 9.80 Å². The van der Waals surface area contributed by atoms with Crippen LogP contribution in [-0.2, 0) is 16.2 Å². The van der Waals surface area contributed by atoms with Crippen molar-refractivity contribution < 1.29 is 0 Å². The zero-order chi connectivity index (χ0) is 73.5. The fourth-order valence-electron chi connectivity index (χ4n) is 18.7. The number of benzene rings is 17. The highest BCUT2D eigenvalue weighted by Gasteiger charge is 2.47. The van der Waals surface area contributed by atoms with Crippen LogP contribution in [0.25, 0.3) is 143 Å². The van der Waals surface area contributed by atoms with E-state index in [-0.39, 0.29) is 23.0 Å². The summed E-state index contributed by atoms with van der Waals surface area (Å²) in [6.45, 7) is 21.2. The van der Waals surface area contributed by atoms with Crippen LogP contribution >= 0.6 is 0 Å².